The highest BCUT2D eigenvalue weighted by Crippen LogP contribution is 2.33. The molecule has 0 saturated heterocycles. The minimum atomic E-state index is 0.0884. The number of phenolic OH excluding ortho intramolecular Hbond substituents is 1. The topological polar surface area (TPSA) is 68.1 Å². The maximum absolute atomic E-state index is 10.6. The number of hydrogen-bond acceptors (Lipinski definition) is 5. The summed E-state index contributed by atoms with van der Waals surface area (Å²) in [6.45, 7) is 4.23. The Morgan fingerprint density at radius 3 is 1.91 bits per heavy atom. The van der Waals surface area contributed by atoms with E-state index in [4.69, 9.17) is 19.7 Å². The molecule has 1 unspecified atom stereocenters. The van der Waals surface area contributed by atoms with Crippen LogP contribution in [0.5, 0.6) is 11.5 Å². The molecule has 0 amide bonds. The number of ether oxygens (including phenoxy) is 1. The van der Waals surface area contributed by atoms with Gasteiger partial charge in [0.15, 0.2) is 17.5 Å². The van der Waals surface area contributed by atoms with Crippen molar-refractivity contribution < 1.29 is 9.84 Å². The van der Waals surface area contributed by atoms with Gasteiger partial charge in [-0.25, -0.2) is 15.0 Å². The highest BCUT2D eigenvalue weighted by Gasteiger charge is 2.16. The summed E-state index contributed by atoms with van der Waals surface area (Å²) in [6, 6.07) is 24.8. The van der Waals surface area contributed by atoms with E-state index < -0.39 is 0 Å². The van der Waals surface area contributed by atoms with E-state index in [1.54, 1.807) is 18.2 Å². The number of benzene rings is 3. The first-order valence-corrected chi connectivity index (χ1v) is 11.0. The summed E-state index contributed by atoms with van der Waals surface area (Å²) in [4.78, 5) is 14.1. The Labute approximate surface area is 188 Å². The molecule has 0 radical (unpaired) electrons. The molecule has 3 aromatic carbocycles. The van der Waals surface area contributed by atoms with Crippen LogP contribution in [0.1, 0.15) is 33.1 Å². The molecule has 0 spiro atoms. The normalized spacial score (nSPS) is 11.8. The van der Waals surface area contributed by atoms with Crippen LogP contribution in [0.2, 0.25) is 0 Å². The number of rotatable bonds is 8. The van der Waals surface area contributed by atoms with E-state index in [1.807, 2.05) is 60.7 Å². The minimum absolute atomic E-state index is 0.0884. The Bertz CT molecular complexity index is 1110. The predicted molar refractivity (Wildman–Crippen MR) is 127 cm³/mol. The Hall–Kier alpha value is -3.73. The van der Waals surface area contributed by atoms with Crippen molar-refractivity contribution in [1.82, 2.24) is 15.0 Å². The average molecular weight is 426 g/mol. The number of unbranched alkanes of at least 4 members (excludes halogenated alkanes) is 1. The van der Waals surface area contributed by atoms with E-state index in [9.17, 15) is 5.11 Å². The van der Waals surface area contributed by atoms with Crippen molar-refractivity contribution >= 4 is 0 Å². The maximum Gasteiger partial charge on any atom is 0.167 e. The summed E-state index contributed by atoms with van der Waals surface area (Å²) in [5.41, 5.74) is 2.28. The van der Waals surface area contributed by atoms with E-state index in [1.165, 1.54) is 0 Å². The highest BCUT2D eigenvalue weighted by atomic mass is 16.5. The number of hydrogen-bond donors (Lipinski definition) is 1. The summed E-state index contributed by atoms with van der Waals surface area (Å²) in [5, 5.41) is 10.6. The van der Waals surface area contributed by atoms with Crippen LogP contribution in [0.15, 0.2) is 78.9 Å². The number of phenols is 1. The van der Waals surface area contributed by atoms with Gasteiger partial charge in [-0.1, -0.05) is 80.4 Å². The van der Waals surface area contributed by atoms with Crippen molar-refractivity contribution in [3.8, 4) is 45.7 Å². The second kappa shape index (κ2) is 10.1. The van der Waals surface area contributed by atoms with Crippen LogP contribution in [0, 0.1) is 0 Å². The first kappa shape index (κ1) is 21.5. The zero-order valence-corrected chi connectivity index (χ0v) is 18.4. The molecule has 0 saturated carbocycles. The smallest absolute Gasteiger partial charge is 0.167 e. The van der Waals surface area contributed by atoms with Gasteiger partial charge in [-0.2, -0.15) is 0 Å². The van der Waals surface area contributed by atoms with Crippen molar-refractivity contribution in [3.63, 3.8) is 0 Å². The number of aromatic hydroxyl groups is 1. The number of nitrogens with zero attached hydrogens (tertiary/aromatic N) is 3. The molecule has 1 N–H and O–H groups in total. The van der Waals surface area contributed by atoms with Gasteiger partial charge in [0.05, 0.1) is 11.7 Å². The molecule has 0 aliphatic heterocycles. The van der Waals surface area contributed by atoms with Gasteiger partial charge >= 0.3 is 0 Å². The van der Waals surface area contributed by atoms with Crippen molar-refractivity contribution in [2.45, 2.75) is 39.2 Å². The molecule has 5 nitrogen and oxygen atoms in total. The molecule has 4 rings (SSSR count). The SMILES string of the molecule is CCCCC(C)Oc1ccc(O)c(-c2nc(-c3ccccc3)nc(-c3ccccc3)n2)c1. The maximum atomic E-state index is 10.6. The monoisotopic (exact) mass is 425 g/mol. The van der Waals surface area contributed by atoms with Gasteiger partial charge in [0.25, 0.3) is 0 Å². The first-order valence-electron chi connectivity index (χ1n) is 11.0. The third kappa shape index (κ3) is 5.11. The van der Waals surface area contributed by atoms with E-state index in [2.05, 4.69) is 13.8 Å². The molecule has 4 aromatic rings. The fourth-order valence-corrected chi connectivity index (χ4v) is 3.48. The molecular formula is C27H27N3O2. The molecule has 0 fully saturated rings. The van der Waals surface area contributed by atoms with Crippen molar-refractivity contribution in [3.05, 3.63) is 78.9 Å². The van der Waals surface area contributed by atoms with Crippen LogP contribution < -0.4 is 4.74 Å². The van der Waals surface area contributed by atoms with Crippen LogP contribution in [0.3, 0.4) is 0 Å². The third-order valence-corrected chi connectivity index (χ3v) is 5.21. The Balaban J connectivity index is 1.78. The Kier molecular flexibility index (Phi) is 6.75. The summed E-state index contributed by atoms with van der Waals surface area (Å²) in [7, 11) is 0. The molecule has 1 heterocycles. The lowest BCUT2D eigenvalue weighted by Crippen LogP contribution is -2.11. The summed E-state index contributed by atoms with van der Waals surface area (Å²) in [6.07, 6.45) is 3.31. The second-order valence-corrected chi connectivity index (χ2v) is 7.79. The molecule has 32 heavy (non-hydrogen) atoms. The van der Waals surface area contributed by atoms with Crippen molar-refractivity contribution in [2.75, 3.05) is 0 Å². The summed E-state index contributed by atoms with van der Waals surface area (Å²) >= 11 is 0. The lowest BCUT2D eigenvalue weighted by molar-refractivity contribution is 0.207. The van der Waals surface area contributed by atoms with Gasteiger partial charge in [-0.15, -0.1) is 0 Å². The average Bonchev–Trinajstić information content (AvgIpc) is 2.84. The molecule has 0 aliphatic carbocycles. The molecule has 1 atom stereocenters. The largest absolute Gasteiger partial charge is 0.507 e. The lowest BCUT2D eigenvalue weighted by Gasteiger charge is -2.16. The Morgan fingerprint density at radius 2 is 1.34 bits per heavy atom. The van der Waals surface area contributed by atoms with E-state index in [-0.39, 0.29) is 11.9 Å². The zero-order chi connectivity index (χ0) is 22.3. The van der Waals surface area contributed by atoms with Gasteiger partial charge in [0, 0.05) is 11.1 Å². The fourth-order valence-electron chi connectivity index (χ4n) is 3.48. The van der Waals surface area contributed by atoms with Crippen LogP contribution in [0.4, 0.5) is 0 Å². The van der Waals surface area contributed by atoms with Gasteiger partial charge in [-0.3, -0.25) is 0 Å². The molecule has 5 heteroatoms. The molecule has 0 aliphatic rings. The summed E-state index contributed by atoms with van der Waals surface area (Å²) in [5.74, 6) is 2.29. The Morgan fingerprint density at radius 1 is 0.781 bits per heavy atom. The van der Waals surface area contributed by atoms with Gasteiger partial charge in [0.2, 0.25) is 0 Å². The van der Waals surface area contributed by atoms with Crippen LogP contribution in [-0.2, 0) is 0 Å². The highest BCUT2D eigenvalue weighted by molar-refractivity contribution is 5.70. The predicted octanol–water partition coefficient (Wildman–Crippen LogP) is 6.54. The van der Waals surface area contributed by atoms with E-state index >= 15 is 0 Å². The molecule has 1 aromatic heterocycles. The quantitative estimate of drug-likeness (QED) is 0.347. The molecule has 162 valence electrons. The summed E-state index contributed by atoms with van der Waals surface area (Å²) < 4.78 is 6.08. The van der Waals surface area contributed by atoms with Gasteiger partial charge in [-0.05, 0) is 31.5 Å². The van der Waals surface area contributed by atoms with Gasteiger partial charge in [0.1, 0.15) is 11.5 Å². The lowest BCUT2D eigenvalue weighted by atomic mass is 10.1. The standard InChI is InChI=1S/C27H27N3O2/c1-3-4-11-19(2)32-22-16-17-24(31)23(18-22)27-29-25(20-12-7-5-8-13-20)28-26(30-27)21-14-9-6-10-15-21/h5-10,12-19,31H,3-4,11H2,1-2H3. The van der Waals surface area contributed by atoms with Crippen LogP contribution in [-0.4, -0.2) is 26.2 Å². The van der Waals surface area contributed by atoms with Gasteiger partial charge < -0.3 is 9.84 Å². The zero-order valence-electron chi connectivity index (χ0n) is 18.4. The number of aromatic nitrogens is 3. The third-order valence-electron chi connectivity index (χ3n) is 5.21. The molecular weight excluding hydrogens is 398 g/mol. The van der Waals surface area contributed by atoms with Crippen LogP contribution >= 0.6 is 0 Å². The fraction of sp³-hybridized carbons (Fsp3) is 0.222. The first-order chi connectivity index (χ1) is 15.6. The second-order valence-electron chi connectivity index (χ2n) is 7.79. The minimum Gasteiger partial charge on any atom is -0.507 e. The van der Waals surface area contributed by atoms with E-state index in [0.29, 0.717) is 28.8 Å². The van der Waals surface area contributed by atoms with Crippen molar-refractivity contribution in [2.24, 2.45) is 0 Å². The van der Waals surface area contributed by atoms with Crippen molar-refractivity contribution in [1.29, 1.82) is 0 Å². The molecule has 0 bridgehead atoms. The van der Waals surface area contributed by atoms with E-state index in [0.717, 1.165) is 30.4 Å². The van der Waals surface area contributed by atoms with Crippen LogP contribution in [0.25, 0.3) is 34.2 Å².